The van der Waals surface area contributed by atoms with E-state index in [-0.39, 0.29) is 11.9 Å². The molecule has 2 rings (SSSR count). The number of carbonyl (C=O) groups is 1. The second-order valence-corrected chi connectivity index (χ2v) is 5.08. The summed E-state index contributed by atoms with van der Waals surface area (Å²) in [6, 6.07) is 8.26. The molecular weight excluding hydrogens is 240 g/mol. The van der Waals surface area contributed by atoms with E-state index in [0.717, 1.165) is 31.4 Å². The van der Waals surface area contributed by atoms with Crippen LogP contribution in [0.2, 0.25) is 0 Å². The third-order valence-corrected chi connectivity index (χ3v) is 3.91. The minimum absolute atomic E-state index is 0.0217. The van der Waals surface area contributed by atoms with Gasteiger partial charge >= 0.3 is 5.97 Å². The molecule has 3 heteroatoms. The predicted molar refractivity (Wildman–Crippen MR) is 74.3 cm³/mol. The summed E-state index contributed by atoms with van der Waals surface area (Å²) in [4.78, 5) is 11.7. The first kappa shape index (κ1) is 13.9. The molecular formula is C16H22O3. The third kappa shape index (κ3) is 3.49. The summed E-state index contributed by atoms with van der Waals surface area (Å²) >= 11 is 0. The lowest BCUT2D eigenvalue weighted by molar-refractivity contribution is -0.149. The molecule has 0 amide bonds. The van der Waals surface area contributed by atoms with Crippen LogP contribution >= 0.6 is 0 Å². The van der Waals surface area contributed by atoms with E-state index in [9.17, 15) is 4.79 Å². The van der Waals surface area contributed by atoms with Gasteiger partial charge in [0.05, 0.1) is 19.6 Å². The number of carbonyl (C=O) groups excluding carboxylic acids is 1. The Hall–Kier alpha value is -1.51. The van der Waals surface area contributed by atoms with Gasteiger partial charge in [-0.25, -0.2) is 0 Å². The minimum atomic E-state index is -0.0217. The Kier molecular flexibility index (Phi) is 4.83. The number of esters is 1. The van der Waals surface area contributed by atoms with Crippen LogP contribution in [-0.2, 0) is 9.53 Å². The van der Waals surface area contributed by atoms with Gasteiger partial charge in [-0.15, -0.1) is 0 Å². The fourth-order valence-corrected chi connectivity index (χ4v) is 2.82. The Bertz CT molecular complexity index is 420. The number of benzene rings is 1. The van der Waals surface area contributed by atoms with Gasteiger partial charge in [0, 0.05) is 0 Å². The summed E-state index contributed by atoms with van der Waals surface area (Å²) < 4.78 is 10.4. The summed E-state index contributed by atoms with van der Waals surface area (Å²) in [5.74, 6) is 1.53. The first-order valence-corrected chi connectivity index (χ1v) is 7.05. The van der Waals surface area contributed by atoms with Gasteiger partial charge in [-0.2, -0.15) is 0 Å². The maximum atomic E-state index is 11.7. The van der Waals surface area contributed by atoms with Crippen LogP contribution in [0, 0.1) is 5.92 Å². The van der Waals surface area contributed by atoms with Crippen molar-refractivity contribution in [2.45, 2.75) is 38.5 Å². The molecule has 3 nitrogen and oxygen atoms in total. The summed E-state index contributed by atoms with van der Waals surface area (Å²) in [6.07, 6.45) is 3.97. The molecule has 104 valence electrons. The zero-order valence-electron chi connectivity index (χ0n) is 11.7. The van der Waals surface area contributed by atoms with Crippen molar-refractivity contribution in [1.82, 2.24) is 0 Å². The zero-order chi connectivity index (χ0) is 13.7. The number of methoxy groups -OCH3 is 1. The van der Waals surface area contributed by atoms with E-state index in [1.165, 1.54) is 5.56 Å². The molecule has 0 unspecified atom stereocenters. The quantitative estimate of drug-likeness (QED) is 0.779. The molecule has 1 saturated carbocycles. The van der Waals surface area contributed by atoms with Crippen molar-refractivity contribution < 1.29 is 14.3 Å². The van der Waals surface area contributed by atoms with Crippen molar-refractivity contribution >= 4 is 5.97 Å². The van der Waals surface area contributed by atoms with E-state index in [4.69, 9.17) is 9.47 Å². The summed E-state index contributed by atoms with van der Waals surface area (Å²) in [5, 5.41) is 0. The molecule has 0 spiro atoms. The van der Waals surface area contributed by atoms with Crippen LogP contribution in [0.4, 0.5) is 0 Å². The Labute approximate surface area is 114 Å². The van der Waals surface area contributed by atoms with Gasteiger partial charge in [-0.05, 0) is 56.2 Å². The highest BCUT2D eigenvalue weighted by atomic mass is 16.5. The highest BCUT2D eigenvalue weighted by Gasteiger charge is 2.27. The van der Waals surface area contributed by atoms with Gasteiger partial charge in [0.15, 0.2) is 0 Å². The van der Waals surface area contributed by atoms with Gasteiger partial charge in [0.1, 0.15) is 5.75 Å². The fourth-order valence-electron chi connectivity index (χ4n) is 2.82. The van der Waals surface area contributed by atoms with E-state index in [2.05, 4.69) is 12.1 Å². The smallest absolute Gasteiger partial charge is 0.308 e. The SMILES string of the molecule is CCOC(=O)C1CCC(c2cccc(OC)c2)CC1. The summed E-state index contributed by atoms with van der Waals surface area (Å²) in [7, 11) is 1.69. The number of hydrogen-bond acceptors (Lipinski definition) is 3. The molecule has 1 fully saturated rings. The Morgan fingerprint density at radius 1 is 1.26 bits per heavy atom. The molecule has 0 aliphatic heterocycles. The summed E-state index contributed by atoms with van der Waals surface area (Å²) in [6.45, 7) is 2.34. The van der Waals surface area contributed by atoms with E-state index in [1.807, 2.05) is 19.1 Å². The lowest BCUT2D eigenvalue weighted by atomic mass is 9.79. The lowest BCUT2D eigenvalue weighted by Gasteiger charge is -2.27. The minimum Gasteiger partial charge on any atom is -0.497 e. The van der Waals surface area contributed by atoms with Crippen molar-refractivity contribution in [2.75, 3.05) is 13.7 Å². The Balaban J connectivity index is 1.94. The standard InChI is InChI=1S/C16H22O3/c1-3-19-16(17)13-9-7-12(8-10-13)14-5-4-6-15(11-14)18-2/h4-6,11-13H,3,7-10H2,1-2H3. The van der Waals surface area contributed by atoms with E-state index >= 15 is 0 Å². The number of ether oxygens (including phenoxy) is 2. The maximum absolute atomic E-state index is 11.7. The van der Waals surface area contributed by atoms with Crippen LogP contribution in [0.25, 0.3) is 0 Å². The second-order valence-electron chi connectivity index (χ2n) is 5.08. The average Bonchev–Trinajstić information content (AvgIpc) is 2.48. The van der Waals surface area contributed by atoms with Crippen molar-refractivity contribution in [1.29, 1.82) is 0 Å². The molecule has 0 N–H and O–H groups in total. The Morgan fingerprint density at radius 2 is 2.00 bits per heavy atom. The zero-order valence-corrected chi connectivity index (χ0v) is 11.7. The molecule has 1 aromatic rings. The molecule has 1 aliphatic carbocycles. The van der Waals surface area contributed by atoms with Crippen molar-refractivity contribution in [3.05, 3.63) is 29.8 Å². The first-order valence-electron chi connectivity index (χ1n) is 7.05. The van der Waals surface area contributed by atoms with Crippen LogP contribution < -0.4 is 4.74 Å². The molecule has 0 heterocycles. The van der Waals surface area contributed by atoms with E-state index in [0.29, 0.717) is 12.5 Å². The van der Waals surface area contributed by atoms with Gasteiger partial charge in [-0.1, -0.05) is 12.1 Å². The van der Waals surface area contributed by atoms with Gasteiger partial charge in [0.2, 0.25) is 0 Å². The van der Waals surface area contributed by atoms with Gasteiger partial charge < -0.3 is 9.47 Å². The van der Waals surface area contributed by atoms with Crippen LogP contribution in [0.3, 0.4) is 0 Å². The van der Waals surface area contributed by atoms with Crippen molar-refractivity contribution in [3.63, 3.8) is 0 Å². The lowest BCUT2D eigenvalue weighted by Crippen LogP contribution is -2.23. The molecule has 1 aliphatic rings. The molecule has 0 atom stereocenters. The number of hydrogen-bond donors (Lipinski definition) is 0. The largest absolute Gasteiger partial charge is 0.497 e. The Morgan fingerprint density at radius 3 is 2.63 bits per heavy atom. The topological polar surface area (TPSA) is 35.5 Å². The number of rotatable bonds is 4. The maximum Gasteiger partial charge on any atom is 0.308 e. The van der Waals surface area contributed by atoms with E-state index < -0.39 is 0 Å². The first-order chi connectivity index (χ1) is 9.24. The van der Waals surface area contributed by atoms with E-state index in [1.54, 1.807) is 7.11 Å². The van der Waals surface area contributed by atoms with Crippen molar-refractivity contribution in [3.8, 4) is 5.75 Å². The molecule has 0 saturated heterocycles. The fraction of sp³-hybridized carbons (Fsp3) is 0.562. The monoisotopic (exact) mass is 262 g/mol. The van der Waals surface area contributed by atoms with Gasteiger partial charge in [0.25, 0.3) is 0 Å². The van der Waals surface area contributed by atoms with Gasteiger partial charge in [-0.3, -0.25) is 4.79 Å². The second kappa shape index (κ2) is 6.60. The highest BCUT2D eigenvalue weighted by molar-refractivity contribution is 5.72. The average molecular weight is 262 g/mol. The van der Waals surface area contributed by atoms with Crippen LogP contribution in [0.15, 0.2) is 24.3 Å². The third-order valence-electron chi connectivity index (χ3n) is 3.91. The molecule has 0 radical (unpaired) electrons. The summed E-state index contributed by atoms with van der Waals surface area (Å²) in [5.41, 5.74) is 1.32. The molecule has 1 aromatic carbocycles. The predicted octanol–water partition coefficient (Wildman–Crippen LogP) is 3.53. The molecule has 0 bridgehead atoms. The van der Waals surface area contributed by atoms with Crippen molar-refractivity contribution in [2.24, 2.45) is 5.92 Å². The van der Waals surface area contributed by atoms with Crippen LogP contribution in [0.5, 0.6) is 5.75 Å². The van der Waals surface area contributed by atoms with Crippen LogP contribution in [-0.4, -0.2) is 19.7 Å². The van der Waals surface area contributed by atoms with Crippen LogP contribution in [0.1, 0.15) is 44.1 Å². The molecule has 0 aromatic heterocycles. The molecule has 19 heavy (non-hydrogen) atoms. The highest BCUT2D eigenvalue weighted by Crippen LogP contribution is 2.37. The normalized spacial score (nSPS) is 22.8.